The molecule has 2 rings (SSSR count). The van der Waals surface area contributed by atoms with E-state index in [1.54, 1.807) is 6.20 Å². The Morgan fingerprint density at radius 1 is 1.23 bits per heavy atom. The fourth-order valence-electron chi connectivity index (χ4n) is 0.896. The first-order valence-corrected chi connectivity index (χ1v) is 4.74. The number of aromatic nitrogens is 1. The van der Waals surface area contributed by atoms with Crippen molar-refractivity contribution in [1.82, 2.24) is 10.4 Å². The molecule has 0 atom stereocenters. The molecule has 3 nitrogen and oxygen atoms in total. The number of nitrogens with one attached hydrogen (secondary N) is 1. The quantitative estimate of drug-likeness (QED) is 0.755. The molecule has 1 aromatic heterocycles. The molecule has 0 aliphatic carbocycles. The second-order valence-electron chi connectivity index (χ2n) is 2.40. The zero-order valence-corrected chi connectivity index (χ0v) is 7.66. The predicted octanol–water partition coefficient (Wildman–Crippen LogP) is 2.41. The lowest BCUT2D eigenvalue weighted by molar-refractivity contribution is 1.03. The first-order valence-electron chi connectivity index (χ1n) is 3.86. The third-order valence-electron chi connectivity index (χ3n) is 1.47. The molecule has 4 heteroatoms. The smallest absolute Gasteiger partial charge is 0.227 e. The first-order chi connectivity index (χ1) is 6.45. The molecule has 1 N–H and O–H groups in total. The summed E-state index contributed by atoms with van der Waals surface area (Å²) < 4.78 is 0. The molecule has 0 bridgehead atoms. The number of nitrogens with zero attached hydrogens (tertiary/aromatic N) is 2. The van der Waals surface area contributed by atoms with Gasteiger partial charge in [-0.3, -0.25) is 5.43 Å². The second-order valence-corrected chi connectivity index (χ2v) is 3.28. The highest BCUT2D eigenvalue weighted by Gasteiger charge is 1.94. The number of hydrogen-bond donors (Lipinski definition) is 1. The Morgan fingerprint density at radius 3 is 2.77 bits per heavy atom. The average Bonchev–Trinajstić information content (AvgIpc) is 2.69. The maximum atomic E-state index is 4.09. The van der Waals surface area contributed by atoms with E-state index >= 15 is 0 Å². The standard InChI is InChI=1S/C9H8N3S/c1-2-4-8(5-3-1)11-12-9-10-6-7-13-9/h1-7,11H. The monoisotopic (exact) mass is 190 g/mol. The number of anilines is 1. The molecule has 1 radical (unpaired) electrons. The molecule has 0 amide bonds. The molecule has 65 valence electrons. The number of hydrogen-bond acceptors (Lipinski definition) is 3. The summed E-state index contributed by atoms with van der Waals surface area (Å²) in [6.07, 6.45) is 1.73. The lowest BCUT2D eigenvalue weighted by atomic mass is 10.3. The van der Waals surface area contributed by atoms with Gasteiger partial charge in [0.2, 0.25) is 5.13 Å². The second kappa shape index (κ2) is 3.91. The van der Waals surface area contributed by atoms with Gasteiger partial charge in [-0.05, 0) is 12.1 Å². The van der Waals surface area contributed by atoms with Crippen molar-refractivity contribution in [2.75, 3.05) is 5.43 Å². The van der Waals surface area contributed by atoms with Crippen LogP contribution in [0.1, 0.15) is 0 Å². The molecule has 0 saturated heterocycles. The van der Waals surface area contributed by atoms with E-state index in [1.165, 1.54) is 11.3 Å². The molecule has 0 fully saturated rings. The molecule has 13 heavy (non-hydrogen) atoms. The van der Waals surface area contributed by atoms with Crippen molar-refractivity contribution in [3.8, 4) is 0 Å². The third-order valence-corrected chi connectivity index (χ3v) is 2.14. The Morgan fingerprint density at radius 2 is 2.08 bits per heavy atom. The molecule has 0 aliphatic rings. The van der Waals surface area contributed by atoms with Crippen LogP contribution in [0.4, 0.5) is 10.8 Å². The van der Waals surface area contributed by atoms with Gasteiger partial charge in [0.15, 0.2) is 0 Å². The van der Waals surface area contributed by atoms with E-state index in [0.717, 1.165) is 10.8 Å². The van der Waals surface area contributed by atoms with E-state index < -0.39 is 0 Å². The highest BCUT2D eigenvalue weighted by Crippen LogP contribution is 2.11. The van der Waals surface area contributed by atoms with Gasteiger partial charge in [-0.1, -0.05) is 18.2 Å². The normalized spacial score (nSPS) is 9.54. The summed E-state index contributed by atoms with van der Waals surface area (Å²) >= 11 is 1.50. The molecule has 0 saturated carbocycles. The van der Waals surface area contributed by atoms with E-state index in [4.69, 9.17) is 0 Å². The summed E-state index contributed by atoms with van der Waals surface area (Å²) in [6, 6.07) is 9.79. The Bertz CT molecular complexity index is 344. The lowest BCUT2D eigenvalue weighted by Gasteiger charge is -2.01. The predicted molar refractivity (Wildman–Crippen MR) is 54.0 cm³/mol. The summed E-state index contributed by atoms with van der Waals surface area (Å²) in [5, 5.41) is 2.63. The fraction of sp³-hybridized carbons (Fsp3) is 0. The van der Waals surface area contributed by atoms with Gasteiger partial charge >= 0.3 is 0 Å². The molecule has 2 aromatic rings. The van der Waals surface area contributed by atoms with E-state index in [-0.39, 0.29) is 0 Å². The van der Waals surface area contributed by atoms with Gasteiger partial charge in [0, 0.05) is 11.6 Å². The van der Waals surface area contributed by atoms with Crippen molar-refractivity contribution in [2.45, 2.75) is 0 Å². The largest absolute Gasteiger partial charge is 0.276 e. The Hall–Kier alpha value is -1.55. The van der Waals surface area contributed by atoms with Gasteiger partial charge in [-0.2, -0.15) is 0 Å². The highest BCUT2D eigenvalue weighted by atomic mass is 32.1. The maximum Gasteiger partial charge on any atom is 0.227 e. The van der Waals surface area contributed by atoms with Crippen molar-refractivity contribution in [3.05, 3.63) is 41.9 Å². The number of rotatable bonds is 3. The lowest BCUT2D eigenvalue weighted by Crippen LogP contribution is -2.06. The van der Waals surface area contributed by atoms with Crippen molar-refractivity contribution in [1.29, 1.82) is 0 Å². The summed E-state index contributed by atoms with van der Waals surface area (Å²) in [5.74, 6) is 0. The minimum absolute atomic E-state index is 0.740. The fourth-order valence-corrected chi connectivity index (χ4v) is 1.36. The van der Waals surface area contributed by atoms with Crippen LogP contribution in [0.3, 0.4) is 0 Å². The maximum absolute atomic E-state index is 4.09. The minimum Gasteiger partial charge on any atom is -0.276 e. The molecule has 0 spiro atoms. The number of para-hydroxylation sites is 1. The SMILES string of the molecule is c1ccc(N[N]c2nccs2)cc1. The van der Waals surface area contributed by atoms with Gasteiger partial charge in [-0.25, -0.2) is 4.98 Å². The average molecular weight is 190 g/mol. The van der Waals surface area contributed by atoms with E-state index in [9.17, 15) is 0 Å². The van der Waals surface area contributed by atoms with Crippen molar-refractivity contribution in [2.24, 2.45) is 0 Å². The Kier molecular flexibility index (Phi) is 2.43. The number of benzene rings is 1. The van der Waals surface area contributed by atoms with E-state index in [1.807, 2.05) is 35.7 Å². The van der Waals surface area contributed by atoms with Crippen LogP contribution in [0.15, 0.2) is 41.9 Å². The van der Waals surface area contributed by atoms with E-state index in [0.29, 0.717) is 0 Å². The van der Waals surface area contributed by atoms with Crippen LogP contribution >= 0.6 is 11.3 Å². The third kappa shape index (κ3) is 2.19. The topological polar surface area (TPSA) is 39.0 Å². The summed E-state index contributed by atoms with van der Waals surface area (Å²) in [7, 11) is 0. The van der Waals surface area contributed by atoms with Gasteiger partial charge in [-0.15, -0.1) is 16.8 Å². The summed E-state index contributed by atoms with van der Waals surface area (Å²) in [5.41, 5.74) is 7.98. The molecule has 1 heterocycles. The Balaban J connectivity index is 1.94. The van der Waals surface area contributed by atoms with Gasteiger partial charge in [0.25, 0.3) is 0 Å². The number of thiazole rings is 1. The zero-order chi connectivity index (χ0) is 8.93. The van der Waals surface area contributed by atoms with E-state index in [2.05, 4.69) is 15.8 Å². The van der Waals surface area contributed by atoms with Crippen molar-refractivity contribution < 1.29 is 0 Å². The minimum atomic E-state index is 0.740. The van der Waals surface area contributed by atoms with Crippen LogP contribution in [-0.2, 0) is 0 Å². The van der Waals surface area contributed by atoms with Crippen LogP contribution in [0, 0.1) is 0 Å². The van der Waals surface area contributed by atoms with Gasteiger partial charge in [0.05, 0.1) is 5.69 Å². The molecular formula is C9H8N3S. The Labute approximate surface area is 80.4 Å². The summed E-state index contributed by atoms with van der Waals surface area (Å²) in [6.45, 7) is 0. The van der Waals surface area contributed by atoms with Crippen LogP contribution in [0.5, 0.6) is 0 Å². The summed E-state index contributed by atoms with van der Waals surface area (Å²) in [4.78, 5) is 4.02. The van der Waals surface area contributed by atoms with Gasteiger partial charge < -0.3 is 0 Å². The van der Waals surface area contributed by atoms with Crippen LogP contribution in [-0.4, -0.2) is 4.98 Å². The van der Waals surface area contributed by atoms with Gasteiger partial charge in [0.1, 0.15) is 0 Å². The molecular weight excluding hydrogens is 182 g/mol. The highest BCUT2D eigenvalue weighted by molar-refractivity contribution is 7.13. The van der Waals surface area contributed by atoms with Crippen molar-refractivity contribution >= 4 is 22.2 Å². The van der Waals surface area contributed by atoms with Crippen LogP contribution < -0.4 is 10.9 Å². The zero-order valence-electron chi connectivity index (χ0n) is 6.84. The molecule has 1 aromatic carbocycles. The van der Waals surface area contributed by atoms with Crippen LogP contribution in [0.25, 0.3) is 0 Å². The van der Waals surface area contributed by atoms with Crippen molar-refractivity contribution in [3.63, 3.8) is 0 Å². The first kappa shape index (κ1) is 8.07. The molecule has 0 aliphatic heterocycles. The van der Waals surface area contributed by atoms with Crippen LogP contribution in [0.2, 0.25) is 0 Å². The molecule has 0 unspecified atom stereocenters.